The third-order valence-corrected chi connectivity index (χ3v) is 4.16. The van der Waals surface area contributed by atoms with Crippen LogP contribution >= 0.6 is 11.8 Å². The lowest BCUT2D eigenvalue weighted by Crippen LogP contribution is -1.95. The third-order valence-electron chi connectivity index (χ3n) is 2.90. The average molecular weight is 272 g/mol. The molecule has 4 nitrogen and oxygen atoms in total. The minimum absolute atomic E-state index is 0.620. The summed E-state index contributed by atoms with van der Waals surface area (Å²) in [6.45, 7) is 6.45. The van der Waals surface area contributed by atoms with Crippen LogP contribution in [-0.4, -0.2) is 25.9 Å². The Morgan fingerprint density at radius 2 is 2.11 bits per heavy atom. The number of aromatic amines is 1. The van der Waals surface area contributed by atoms with E-state index in [0.29, 0.717) is 5.92 Å². The van der Waals surface area contributed by atoms with Crippen molar-refractivity contribution in [1.29, 1.82) is 0 Å². The molecule has 0 unspecified atom stereocenters. The standard InChI is InChI=1S/C14H16N4S/c1-8(2)7-19-14-16-13-12(17-18-14)10-6-9(3)4-5-11(10)15-13/h4-6,8H,7H2,1-3H3,(H,15,16,18). The van der Waals surface area contributed by atoms with Crippen molar-refractivity contribution in [3.05, 3.63) is 23.8 Å². The number of thioether (sulfide) groups is 1. The molecule has 1 aromatic carbocycles. The zero-order chi connectivity index (χ0) is 13.4. The Bertz CT molecular complexity index is 733. The number of hydrogen-bond donors (Lipinski definition) is 1. The Morgan fingerprint density at radius 1 is 1.26 bits per heavy atom. The molecule has 0 aliphatic rings. The molecule has 0 spiro atoms. The maximum absolute atomic E-state index is 4.55. The van der Waals surface area contributed by atoms with E-state index in [1.54, 1.807) is 11.8 Å². The van der Waals surface area contributed by atoms with Crippen LogP contribution in [0, 0.1) is 12.8 Å². The summed E-state index contributed by atoms with van der Waals surface area (Å²) in [6.07, 6.45) is 0. The van der Waals surface area contributed by atoms with Crippen molar-refractivity contribution in [3.63, 3.8) is 0 Å². The predicted octanol–water partition coefficient (Wildman–Crippen LogP) is 3.56. The molecule has 0 radical (unpaired) electrons. The quantitative estimate of drug-likeness (QED) is 0.741. The first-order chi connectivity index (χ1) is 9.13. The van der Waals surface area contributed by atoms with Crippen molar-refractivity contribution >= 4 is 33.8 Å². The molecule has 2 aromatic heterocycles. The van der Waals surface area contributed by atoms with Gasteiger partial charge in [-0.05, 0) is 25.0 Å². The second-order valence-corrected chi connectivity index (χ2v) is 6.16. The van der Waals surface area contributed by atoms with Crippen LogP contribution in [0.25, 0.3) is 22.1 Å². The van der Waals surface area contributed by atoms with Crippen LogP contribution < -0.4 is 0 Å². The summed E-state index contributed by atoms with van der Waals surface area (Å²) in [7, 11) is 0. The fourth-order valence-electron chi connectivity index (χ4n) is 1.97. The van der Waals surface area contributed by atoms with E-state index < -0.39 is 0 Å². The van der Waals surface area contributed by atoms with E-state index in [-0.39, 0.29) is 0 Å². The van der Waals surface area contributed by atoms with E-state index in [0.717, 1.165) is 33.0 Å². The third kappa shape index (κ3) is 2.42. The first-order valence-corrected chi connectivity index (χ1v) is 7.37. The molecule has 0 bridgehead atoms. The van der Waals surface area contributed by atoms with Crippen molar-refractivity contribution in [2.75, 3.05) is 5.75 Å². The van der Waals surface area contributed by atoms with Gasteiger partial charge in [0.25, 0.3) is 0 Å². The van der Waals surface area contributed by atoms with Crippen LogP contribution in [0.5, 0.6) is 0 Å². The Balaban J connectivity index is 2.06. The molecule has 0 atom stereocenters. The SMILES string of the molecule is Cc1ccc2[nH]c3nc(SCC(C)C)nnc3c2c1. The number of fused-ring (bicyclic) bond motifs is 3. The Hall–Kier alpha value is -1.62. The fraction of sp³-hybridized carbons (Fsp3) is 0.357. The first-order valence-electron chi connectivity index (χ1n) is 6.39. The molecule has 5 heteroatoms. The van der Waals surface area contributed by atoms with E-state index >= 15 is 0 Å². The lowest BCUT2D eigenvalue weighted by Gasteiger charge is -2.01. The van der Waals surface area contributed by atoms with Crippen LogP contribution in [0.1, 0.15) is 19.4 Å². The van der Waals surface area contributed by atoms with Crippen molar-refractivity contribution in [3.8, 4) is 0 Å². The van der Waals surface area contributed by atoms with Crippen LogP contribution in [0.2, 0.25) is 0 Å². The number of benzene rings is 1. The van der Waals surface area contributed by atoms with Gasteiger partial charge in [0, 0.05) is 16.7 Å². The van der Waals surface area contributed by atoms with E-state index in [9.17, 15) is 0 Å². The summed E-state index contributed by atoms with van der Waals surface area (Å²) >= 11 is 1.65. The Morgan fingerprint density at radius 3 is 2.89 bits per heavy atom. The average Bonchev–Trinajstić information content (AvgIpc) is 2.73. The molecule has 3 rings (SSSR count). The highest BCUT2D eigenvalue weighted by molar-refractivity contribution is 7.99. The number of nitrogens with zero attached hydrogens (tertiary/aromatic N) is 3. The number of hydrogen-bond acceptors (Lipinski definition) is 4. The fourth-order valence-corrected chi connectivity index (χ4v) is 2.71. The predicted molar refractivity (Wildman–Crippen MR) is 79.5 cm³/mol. The molecule has 0 amide bonds. The highest BCUT2D eigenvalue weighted by Crippen LogP contribution is 2.24. The molecule has 2 heterocycles. The van der Waals surface area contributed by atoms with Gasteiger partial charge in [-0.1, -0.05) is 37.2 Å². The second-order valence-electron chi connectivity index (χ2n) is 5.17. The molecule has 1 N–H and O–H groups in total. The molecule has 0 aliphatic heterocycles. The van der Waals surface area contributed by atoms with Gasteiger partial charge >= 0.3 is 0 Å². The van der Waals surface area contributed by atoms with Crippen LogP contribution in [-0.2, 0) is 0 Å². The molecular formula is C14H16N4S. The maximum Gasteiger partial charge on any atom is 0.211 e. The van der Waals surface area contributed by atoms with Crippen molar-refractivity contribution in [2.45, 2.75) is 25.9 Å². The van der Waals surface area contributed by atoms with Gasteiger partial charge in [-0.2, -0.15) is 0 Å². The van der Waals surface area contributed by atoms with Gasteiger partial charge in [-0.3, -0.25) is 0 Å². The lowest BCUT2D eigenvalue weighted by atomic mass is 10.2. The number of aromatic nitrogens is 4. The maximum atomic E-state index is 4.55. The monoisotopic (exact) mass is 272 g/mol. The Labute approximate surface area is 116 Å². The van der Waals surface area contributed by atoms with Gasteiger partial charge in [0.2, 0.25) is 5.16 Å². The largest absolute Gasteiger partial charge is 0.338 e. The van der Waals surface area contributed by atoms with Gasteiger partial charge in [0.1, 0.15) is 5.52 Å². The van der Waals surface area contributed by atoms with Crippen LogP contribution in [0.4, 0.5) is 0 Å². The molecule has 0 saturated carbocycles. The summed E-state index contributed by atoms with van der Waals surface area (Å²) in [5, 5.41) is 10.4. The van der Waals surface area contributed by atoms with E-state index in [1.807, 2.05) is 0 Å². The molecule has 3 aromatic rings. The normalized spacial score (nSPS) is 11.8. The molecular weight excluding hydrogens is 256 g/mol. The van der Waals surface area contributed by atoms with Gasteiger partial charge in [0.05, 0.1) is 0 Å². The minimum atomic E-state index is 0.620. The molecule has 98 valence electrons. The highest BCUT2D eigenvalue weighted by atomic mass is 32.2. The summed E-state index contributed by atoms with van der Waals surface area (Å²) < 4.78 is 0. The Kier molecular flexibility index (Phi) is 3.14. The minimum Gasteiger partial charge on any atom is -0.338 e. The summed E-state index contributed by atoms with van der Waals surface area (Å²) in [4.78, 5) is 7.85. The number of aryl methyl sites for hydroxylation is 1. The summed E-state index contributed by atoms with van der Waals surface area (Å²) in [5.41, 5.74) is 3.95. The second kappa shape index (κ2) is 4.81. The van der Waals surface area contributed by atoms with E-state index in [4.69, 9.17) is 0 Å². The topological polar surface area (TPSA) is 54.5 Å². The molecule has 0 aliphatic carbocycles. The van der Waals surface area contributed by atoms with Crippen molar-refractivity contribution in [2.24, 2.45) is 5.92 Å². The zero-order valence-electron chi connectivity index (χ0n) is 11.3. The molecule has 0 fully saturated rings. The van der Waals surface area contributed by atoms with Crippen LogP contribution in [0.3, 0.4) is 0 Å². The van der Waals surface area contributed by atoms with E-state index in [2.05, 4.69) is 59.1 Å². The van der Waals surface area contributed by atoms with E-state index in [1.165, 1.54) is 5.56 Å². The highest BCUT2D eigenvalue weighted by Gasteiger charge is 2.09. The number of H-pyrrole nitrogens is 1. The zero-order valence-corrected chi connectivity index (χ0v) is 12.1. The summed E-state index contributed by atoms with van der Waals surface area (Å²) in [5.74, 6) is 1.63. The van der Waals surface area contributed by atoms with Gasteiger partial charge in [-0.25, -0.2) is 4.98 Å². The molecule has 0 saturated heterocycles. The van der Waals surface area contributed by atoms with Crippen molar-refractivity contribution < 1.29 is 0 Å². The van der Waals surface area contributed by atoms with Crippen molar-refractivity contribution in [1.82, 2.24) is 20.2 Å². The van der Waals surface area contributed by atoms with Gasteiger partial charge in [-0.15, -0.1) is 10.2 Å². The number of rotatable bonds is 3. The van der Waals surface area contributed by atoms with Crippen LogP contribution in [0.15, 0.2) is 23.4 Å². The first kappa shape index (κ1) is 12.4. The van der Waals surface area contributed by atoms with Gasteiger partial charge < -0.3 is 4.98 Å². The number of nitrogens with one attached hydrogen (secondary N) is 1. The summed E-state index contributed by atoms with van der Waals surface area (Å²) in [6, 6.07) is 6.26. The lowest BCUT2D eigenvalue weighted by molar-refractivity contribution is 0.746. The molecule has 19 heavy (non-hydrogen) atoms. The smallest absolute Gasteiger partial charge is 0.211 e. The van der Waals surface area contributed by atoms with Gasteiger partial charge in [0.15, 0.2) is 5.65 Å².